The van der Waals surface area contributed by atoms with Gasteiger partial charge in [0.05, 0.1) is 25.9 Å². The van der Waals surface area contributed by atoms with Crippen LogP contribution in [0, 0.1) is 0 Å². The third-order valence-electron chi connectivity index (χ3n) is 6.07. The number of nitrogens with one attached hydrogen (secondary N) is 1. The highest BCUT2D eigenvalue weighted by atomic mass is 16.5. The van der Waals surface area contributed by atoms with Crippen molar-refractivity contribution in [2.45, 2.75) is 117 Å². The number of hydrogen-bond acceptors (Lipinski definition) is 6. The number of esters is 2. The molecule has 0 heterocycles. The molecule has 0 fully saturated rings. The summed E-state index contributed by atoms with van der Waals surface area (Å²) in [6.45, 7) is 8.05. The fourth-order valence-electron chi connectivity index (χ4n) is 4.07. The Hall–Kier alpha value is -1.92. The lowest BCUT2D eigenvalue weighted by Gasteiger charge is -2.21. The van der Waals surface area contributed by atoms with Crippen molar-refractivity contribution in [1.82, 2.24) is 5.32 Å². The van der Waals surface area contributed by atoms with Crippen LogP contribution in [0.2, 0.25) is 0 Å². The average molecular weight is 492 g/mol. The van der Waals surface area contributed by atoms with E-state index < -0.39 is 0 Å². The summed E-state index contributed by atoms with van der Waals surface area (Å²) in [6, 6.07) is 9.99. The summed E-state index contributed by atoms with van der Waals surface area (Å²) in [5.74, 6) is -0.305. The van der Waals surface area contributed by atoms with Gasteiger partial charge in [-0.2, -0.15) is 0 Å². The molecule has 0 saturated heterocycles. The Morgan fingerprint density at radius 2 is 1.49 bits per heavy atom. The van der Waals surface area contributed by atoms with Crippen molar-refractivity contribution in [3.05, 3.63) is 35.9 Å². The lowest BCUT2D eigenvalue weighted by atomic mass is 10.0. The molecule has 2 unspecified atom stereocenters. The van der Waals surface area contributed by atoms with Crippen LogP contribution in [-0.4, -0.2) is 43.8 Å². The first-order chi connectivity index (χ1) is 17.1. The smallest absolute Gasteiger partial charge is 0.323 e. The van der Waals surface area contributed by atoms with E-state index in [2.05, 4.69) is 24.4 Å². The molecular weight excluding hydrogens is 442 g/mol. The Labute approximate surface area is 213 Å². The number of carbonyl (C=O) groups excluding carboxylic acids is 2. The molecule has 2 atom stereocenters. The van der Waals surface area contributed by atoms with Crippen LogP contribution < -0.4 is 5.32 Å². The minimum absolute atomic E-state index is 0.128. The molecule has 0 aliphatic carbocycles. The number of carbonyl (C=O) groups is 2. The molecule has 6 heteroatoms. The third kappa shape index (κ3) is 16.4. The van der Waals surface area contributed by atoms with E-state index in [9.17, 15) is 9.59 Å². The van der Waals surface area contributed by atoms with Crippen molar-refractivity contribution >= 4 is 11.9 Å². The second kappa shape index (κ2) is 21.4. The lowest BCUT2D eigenvalue weighted by molar-refractivity contribution is -0.146. The predicted octanol–water partition coefficient (Wildman–Crippen LogP) is 6.36. The van der Waals surface area contributed by atoms with Gasteiger partial charge >= 0.3 is 11.9 Å². The number of ether oxygens (including phenoxy) is 3. The zero-order valence-electron chi connectivity index (χ0n) is 22.4. The van der Waals surface area contributed by atoms with Gasteiger partial charge in [-0.1, -0.05) is 82.2 Å². The first-order valence-electron chi connectivity index (χ1n) is 13.8. The molecule has 35 heavy (non-hydrogen) atoms. The van der Waals surface area contributed by atoms with Gasteiger partial charge in [0.2, 0.25) is 0 Å². The normalized spacial score (nSPS) is 12.8. The summed E-state index contributed by atoms with van der Waals surface area (Å²) in [5.41, 5.74) is 1.19. The van der Waals surface area contributed by atoms with Crippen molar-refractivity contribution in [2.75, 3.05) is 19.8 Å². The summed E-state index contributed by atoms with van der Waals surface area (Å²) < 4.78 is 16.5. The largest absolute Gasteiger partial charge is 0.466 e. The molecule has 6 nitrogen and oxygen atoms in total. The third-order valence-corrected chi connectivity index (χ3v) is 6.07. The average Bonchev–Trinajstić information content (AvgIpc) is 2.86. The van der Waals surface area contributed by atoms with E-state index in [1.165, 1.54) is 31.2 Å². The Bertz CT molecular complexity index is 652. The number of unbranched alkanes of at least 4 members (excludes halogenated alkanes) is 6. The summed E-state index contributed by atoms with van der Waals surface area (Å²) in [6.07, 6.45) is 11.9. The van der Waals surface area contributed by atoms with Crippen molar-refractivity contribution in [1.29, 1.82) is 0 Å². The SMILES string of the molecule is CCCCCCC(CCNC(CCCCCCC(=O)OCC)C(=O)OCC)OCc1ccccc1. The Morgan fingerprint density at radius 1 is 0.800 bits per heavy atom. The van der Waals surface area contributed by atoms with Crippen molar-refractivity contribution in [3.63, 3.8) is 0 Å². The zero-order valence-corrected chi connectivity index (χ0v) is 22.4. The number of rotatable bonds is 22. The van der Waals surface area contributed by atoms with Gasteiger partial charge in [0.25, 0.3) is 0 Å². The lowest BCUT2D eigenvalue weighted by Crippen LogP contribution is -2.39. The van der Waals surface area contributed by atoms with Crippen LogP contribution in [0.25, 0.3) is 0 Å². The molecule has 0 aliphatic rings. The monoisotopic (exact) mass is 491 g/mol. The molecule has 1 aromatic carbocycles. The van der Waals surface area contributed by atoms with E-state index in [1.807, 2.05) is 32.0 Å². The maximum absolute atomic E-state index is 12.5. The van der Waals surface area contributed by atoms with Gasteiger partial charge in [-0.25, -0.2) is 0 Å². The summed E-state index contributed by atoms with van der Waals surface area (Å²) in [5, 5.41) is 3.43. The van der Waals surface area contributed by atoms with Gasteiger partial charge in [0, 0.05) is 6.42 Å². The predicted molar refractivity (Wildman–Crippen MR) is 141 cm³/mol. The standard InChI is InChI=1S/C29H49NO5/c1-4-7-8-14-19-26(35-24-25-17-12-11-13-18-25)22-23-30-27(29(32)34-6-3)20-15-9-10-16-21-28(31)33-5-2/h11-13,17-18,26-27,30H,4-10,14-16,19-24H2,1-3H3. The summed E-state index contributed by atoms with van der Waals surface area (Å²) in [7, 11) is 0. The Morgan fingerprint density at radius 3 is 2.20 bits per heavy atom. The van der Waals surface area contributed by atoms with E-state index in [-0.39, 0.29) is 24.1 Å². The van der Waals surface area contributed by atoms with Crippen molar-refractivity contribution in [2.24, 2.45) is 0 Å². The molecule has 0 bridgehead atoms. The van der Waals surface area contributed by atoms with Crippen LogP contribution in [0.3, 0.4) is 0 Å². The minimum Gasteiger partial charge on any atom is -0.466 e. The molecule has 0 aliphatic heterocycles. The van der Waals surface area contributed by atoms with Crippen LogP contribution in [0.15, 0.2) is 30.3 Å². The quantitative estimate of drug-likeness (QED) is 0.150. The second-order valence-electron chi connectivity index (χ2n) is 9.07. The highest BCUT2D eigenvalue weighted by Gasteiger charge is 2.19. The van der Waals surface area contributed by atoms with E-state index >= 15 is 0 Å². The first-order valence-corrected chi connectivity index (χ1v) is 13.8. The highest BCUT2D eigenvalue weighted by Crippen LogP contribution is 2.15. The van der Waals surface area contributed by atoms with E-state index in [0.717, 1.165) is 51.5 Å². The van der Waals surface area contributed by atoms with Gasteiger partial charge in [-0.05, 0) is 51.6 Å². The summed E-state index contributed by atoms with van der Waals surface area (Å²) >= 11 is 0. The van der Waals surface area contributed by atoms with Gasteiger partial charge in [-0.3, -0.25) is 9.59 Å². The molecule has 1 rings (SSSR count). The molecule has 0 saturated carbocycles. The van der Waals surface area contributed by atoms with Crippen molar-refractivity contribution in [3.8, 4) is 0 Å². The van der Waals surface area contributed by atoms with E-state index in [0.29, 0.717) is 26.2 Å². The Kier molecular flexibility index (Phi) is 19.0. The zero-order chi connectivity index (χ0) is 25.6. The van der Waals surface area contributed by atoms with Crippen LogP contribution >= 0.6 is 0 Å². The first kappa shape index (κ1) is 31.1. The number of hydrogen-bond donors (Lipinski definition) is 1. The molecular formula is C29H49NO5. The van der Waals surface area contributed by atoms with Gasteiger partial charge in [-0.15, -0.1) is 0 Å². The maximum Gasteiger partial charge on any atom is 0.323 e. The fraction of sp³-hybridized carbons (Fsp3) is 0.724. The molecule has 1 N–H and O–H groups in total. The van der Waals surface area contributed by atoms with E-state index in [4.69, 9.17) is 14.2 Å². The van der Waals surface area contributed by atoms with Crippen LogP contribution in [0.4, 0.5) is 0 Å². The topological polar surface area (TPSA) is 73.9 Å². The van der Waals surface area contributed by atoms with Gasteiger partial charge < -0.3 is 19.5 Å². The van der Waals surface area contributed by atoms with Crippen LogP contribution in [0.5, 0.6) is 0 Å². The fourth-order valence-corrected chi connectivity index (χ4v) is 4.07. The second-order valence-corrected chi connectivity index (χ2v) is 9.07. The van der Waals surface area contributed by atoms with Crippen molar-refractivity contribution < 1.29 is 23.8 Å². The minimum atomic E-state index is -0.296. The molecule has 1 aromatic rings. The van der Waals surface area contributed by atoms with Gasteiger partial charge in [0.1, 0.15) is 6.04 Å². The molecule has 0 spiro atoms. The van der Waals surface area contributed by atoms with Gasteiger partial charge in [0.15, 0.2) is 0 Å². The van der Waals surface area contributed by atoms with E-state index in [1.54, 1.807) is 0 Å². The Balaban J connectivity index is 2.44. The summed E-state index contributed by atoms with van der Waals surface area (Å²) in [4.78, 5) is 23.9. The molecule has 200 valence electrons. The number of benzene rings is 1. The van der Waals surface area contributed by atoms with Crippen LogP contribution in [0.1, 0.15) is 103 Å². The molecule has 0 amide bonds. The molecule has 0 aromatic heterocycles. The molecule has 0 radical (unpaired) electrons. The maximum atomic E-state index is 12.5. The van der Waals surface area contributed by atoms with Crippen LogP contribution in [-0.2, 0) is 30.4 Å². The highest BCUT2D eigenvalue weighted by molar-refractivity contribution is 5.75.